The van der Waals surface area contributed by atoms with E-state index in [0.29, 0.717) is 28.9 Å². The number of benzene rings is 2. The first-order valence-corrected chi connectivity index (χ1v) is 10.1. The van der Waals surface area contributed by atoms with E-state index in [-0.39, 0.29) is 13.0 Å². The Balaban J connectivity index is 1.57. The molecule has 0 radical (unpaired) electrons. The van der Waals surface area contributed by atoms with Crippen molar-refractivity contribution in [3.05, 3.63) is 66.4 Å². The van der Waals surface area contributed by atoms with Crippen LogP contribution in [0.4, 0.5) is 29.9 Å². The Morgan fingerprint density at radius 1 is 0.929 bits per heavy atom. The Bertz CT molecular complexity index is 1020. The fraction of sp³-hybridized carbons (Fsp3) is 0.111. The van der Waals surface area contributed by atoms with Gasteiger partial charge in [0.15, 0.2) is 0 Å². The quantitative estimate of drug-likeness (QED) is 0.482. The molecule has 150 valence electrons. The number of hydrogen-bond donors (Lipinski definition) is 2. The number of anilines is 1. The lowest BCUT2D eigenvalue weighted by molar-refractivity contribution is 0.252. The summed E-state index contributed by atoms with van der Waals surface area (Å²) in [7, 11) is -9.66. The molecule has 10 heteroatoms. The number of halogens is 5. The fourth-order valence-corrected chi connectivity index (χ4v) is 3.26. The molecule has 3 aromatic rings. The molecule has 0 saturated heterocycles. The van der Waals surface area contributed by atoms with Crippen LogP contribution in [0.3, 0.4) is 0 Å². The van der Waals surface area contributed by atoms with Gasteiger partial charge in [-0.15, -0.1) is 0 Å². The summed E-state index contributed by atoms with van der Waals surface area (Å²) in [6.07, 6.45) is 1.82. The molecule has 2 amide bonds. The molecule has 28 heavy (non-hydrogen) atoms. The van der Waals surface area contributed by atoms with Gasteiger partial charge in [0.2, 0.25) is 0 Å². The van der Waals surface area contributed by atoms with Crippen LogP contribution >= 0.6 is 10.2 Å². The average Bonchev–Trinajstić information content (AvgIpc) is 2.60. The summed E-state index contributed by atoms with van der Waals surface area (Å²) in [5.41, 5.74) is 1.66. The van der Waals surface area contributed by atoms with Gasteiger partial charge in [-0.05, 0) is 48.4 Å². The Morgan fingerprint density at radius 2 is 1.64 bits per heavy atom. The van der Waals surface area contributed by atoms with Gasteiger partial charge in [0.1, 0.15) is 4.90 Å². The van der Waals surface area contributed by atoms with Crippen molar-refractivity contribution in [2.45, 2.75) is 11.3 Å². The van der Waals surface area contributed by atoms with Gasteiger partial charge in [-0.1, -0.05) is 37.6 Å². The van der Waals surface area contributed by atoms with Crippen molar-refractivity contribution in [2.75, 3.05) is 11.9 Å². The standard InChI is InChI=1S/C18H16F5N3OS/c19-28(20,21,22,23)14-8-6-13(7-9-14)10-12-25-18(27)26-17-5-1-4-16-15(17)3-2-11-24-16/h1-9,11H,10,12H2,(H2,25,26,27). The molecule has 4 nitrogen and oxygen atoms in total. The average molecular weight is 417 g/mol. The van der Waals surface area contributed by atoms with Crippen LogP contribution in [0.2, 0.25) is 0 Å². The van der Waals surface area contributed by atoms with E-state index in [2.05, 4.69) is 15.6 Å². The highest BCUT2D eigenvalue weighted by Crippen LogP contribution is 3.02. The Kier molecular flexibility index (Phi) is 4.49. The van der Waals surface area contributed by atoms with Crippen molar-refractivity contribution < 1.29 is 24.2 Å². The smallest absolute Gasteiger partial charge is 0.319 e. The molecule has 0 fully saturated rings. The SMILES string of the molecule is O=C(NCCc1ccc(S(F)(F)(F)(F)F)cc1)Nc1cccc2ncccc12. The second-order valence-corrected chi connectivity index (χ2v) is 8.53. The molecule has 1 heterocycles. The fourth-order valence-electron chi connectivity index (χ4n) is 2.61. The van der Waals surface area contributed by atoms with Crippen molar-refractivity contribution in [1.82, 2.24) is 10.3 Å². The highest BCUT2D eigenvalue weighted by Gasteiger charge is 2.65. The molecule has 3 rings (SSSR count). The summed E-state index contributed by atoms with van der Waals surface area (Å²) < 4.78 is 63.4. The molecule has 0 saturated carbocycles. The molecule has 0 spiro atoms. The minimum atomic E-state index is -9.66. The zero-order valence-electron chi connectivity index (χ0n) is 14.3. The predicted octanol–water partition coefficient (Wildman–Crippen LogP) is 6.26. The van der Waals surface area contributed by atoms with Crippen molar-refractivity contribution in [3.63, 3.8) is 0 Å². The molecule has 0 unspecified atom stereocenters. The number of aromatic nitrogens is 1. The minimum absolute atomic E-state index is 0.116. The first-order valence-electron chi connectivity index (χ1n) is 8.14. The van der Waals surface area contributed by atoms with Gasteiger partial charge in [0.25, 0.3) is 0 Å². The zero-order chi connectivity index (χ0) is 20.5. The van der Waals surface area contributed by atoms with E-state index in [9.17, 15) is 24.2 Å². The summed E-state index contributed by atoms with van der Waals surface area (Å²) in [4.78, 5) is 14.3. The van der Waals surface area contributed by atoms with Gasteiger partial charge >= 0.3 is 16.3 Å². The third-order valence-corrected chi connectivity index (χ3v) is 5.12. The summed E-state index contributed by atoms with van der Waals surface area (Å²) in [6, 6.07) is 11.0. The molecule has 0 atom stereocenters. The summed E-state index contributed by atoms with van der Waals surface area (Å²) in [6.45, 7) is 0.116. The summed E-state index contributed by atoms with van der Waals surface area (Å²) in [5.74, 6) is 0. The Hall–Kier alpha value is -2.88. The van der Waals surface area contributed by atoms with Crippen LogP contribution in [0.15, 0.2) is 65.7 Å². The van der Waals surface area contributed by atoms with Crippen LogP contribution in [0.25, 0.3) is 10.9 Å². The number of rotatable bonds is 5. The van der Waals surface area contributed by atoms with E-state index in [0.717, 1.165) is 17.5 Å². The highest BCUT2D eigenvalue weighted by molar-refractivity contribution is 8.45. The predicted molar refractivity (Wildman–Crippen MR) is 100 cm³/mol. The number of nitrogens with one attached hydrogen (secondary N) is 2. The molecule has 0 aliphatic heterocycles. The molecule has 2 aromatic carbocycles. The van der Waals surface area contributed by atoms with Crippen molar-refractivity contribution >= 4 is 32.8 Å². The van der Waals surface area contributed by atoms with Crippen LogP contribution in [0.1, 0.15) is 5.56 Å². The first-order chi connectivity index (χ1) is 12.9. The number of hydrogen-bond acceptors (Lipinski definition) is 2. The second kappa shape index (κ2) is 6.33. The van der Waals surface area contributed by atoms with Gasteiger partial charge in [0, 0.05) is 18.1 Å². The van der Waals surface area contributed by atoms with Gasteiger partial charge in [-0.3, -0.25) is 4.98 Å². The molecule has 1 aromatic heterocycles. The number of nitrogens with zero attached hydrogens (tertiary/aromatic N) is 1. The van der Waals surface area contributed by atoms with E-state index in [1.807, 2.05) is 0 Å². The van der Waals surface area contributed by atoms with E-state index in [4.69, 9.17) is 0 Å². The summed E-state index contributed by atoms with van der Waals surface area (Å²) in [5, 5.41) is 6.00. The van der Waals surface area contributed by atoms with E-state index < -0.39 is 21.2 Å². The maximum Gasteiger partial charge on any atom is 0.319 e. The molecule has 0 bridgehead atoms. The lowest BCUT2D eigenvalue weighted by Crippen LogP contribution is -2.30. The lowest BCUT2D eigenvalue weighted by atomic mass is 10.1. The monoisotopic (exact) mass is 417 g/mol. The number of fused-ring (bicyclic) bond motifs is 1. The zero-order valence-corrected chi connectivity index (χ0v) is 15.2. The maximum atomic E-state index is 12.7. The van der Waals surface area contributed by atoms with Crippen LogP contribution in [-0.4, -0.2) is 17.6 Å². The van der Waals surface area contributed by atoms with Crippen LogP contribution in [0.5, 0.6) is 0 Å². The van der Waals surface area contributed by atoms with Crippen LogP contribution in [0, 0.1) is 0 Å². The van der Waals surface area contributed by atoms with Gasteiger partial charge in [-0.25, -0.2) is 4.79 Å². The summed E-state index contributed by atoms with van der Waals surface area (Å²) >= 11 is 0. The Labute approximate surface area is 157 Å². The maximum absolute atomic E-state index is 12.7. The first kappa shape index (κ1) is 19.9. The topological polar surface area (TPSA) is 54.0 Å². The molecular formula is C18H16F5N3OS. The van der Waals surface area contributed by atoms with Crippen molar-refractivity contribution in [2.24, 2.45) is 0 Å². The third-order valence-electron chi connectivity index (χ3n) is 3.96. The molecule has 0 aliphatic rings. The van der Waals surface area contributed by atoms with Crippen molar-refractivity contribution in [1.29, 1.82) is 0 Å². The minimum Gasteiger partial charge on any atom is -0.338 e. The van der Waals surface area contributed by atoms with E-state index in [1.165, 1.54) is 0 Å². The van der Waals surface area contributed by atoms with E-state index >= 15 is 0 Å². The van der Waals surface area contributed by atoms with Crippen molar-refractivity contribution in [3.8, 4) is 0 Å². The van der Waals surface area contributed by atoms with Gasteiger partial charge < -0.3 is 10.6 Å². The largest absolute Gasteiger partial charge is 0.338 e. The van der Waals surface area contributed by atoms with Crippen LogP contribution in [-0.2, 0) is 6.42 Å². The number of urea groups is 1. The lowest BCUT2D eigenvalue weighted by Gasteiger charge is -2.40. The second-order valence-electron chi connectivity index (χ2n) is 6.12. The number of carbonyl (C=O) groups excluding carboxylic acids is 1. The number of amides is 2. The Morgan fingerprint density at radius 3 is 2.32 bits per heavy atom. The van der Waals surface area contributed by atoms with Gasteiger partial charge in [-0.2, -0.15) is 0 Å². The molecule has 2 N–H and O–H groups in total. The molecule has 0 aliphatic carbocycles. The number of carbonyl (C=O) groups is 1. The molecular weight excluding hydrogens is 401 g/mol. The van der Waals surface area contributed by atoms with E-state index in [1.54, 1.807) is 36.5 Å². The van der Waals surface area contributed by atoms with Crippen LogP contribution < -0.4 is 10.6 Å². The normalized spacial score (nSPS) is 14.2. The highest BCUT2D eigenvalue weighted by atomic mass is 32.5. The third kappa shape index (κ3) is 4.89. The number of pyridine rings is 1. The van der Waals surface area contributed by atoms with Gasteiger partial charge in [0.05, 0.1) is 11.2 Å².